The summed E-state index contributed by atoms with van der Waals surface area (Å²) in [7, 11) is 4.95. The number of benzene rings is 1. The first kappa shape index (κ1) is 15.5. The van der Waals surface area contributed by atoms with E-state index in [9.17, 15) is 4.79 Å². The van der Waals surface area contributed by atoms with Crippen LogP contribution in [0.25, 0.3) is 0 Å². The number of ether oxygens (including phenoxy) is 2. The maximum absolute atomic E-state index is 12.0. The number of hydrogen-bond acceptors (Lipinski definition) is 4. The van der Waals surface area contributed by atoms with Crippen LogP contribution in [-0.4, -0.2) is 44.7 Å². The van der Waals surface area contributed by atoms with Crippen LogP contribution in [0.1, 0.15) is 12.0 Å². The zero-order chi connectivity index (χ0) is 14.3. The van der Waals surface area contributed by atoms with Crippen LogP contribution >= 0.6 is 0 Å². The number of hydrogen-bond donors (Lipinski definition) is 1. The van der Waals surface area contributed by atoms with Crippen molar-refractivity contribution >= 4 is 5.91 Å². The summed E-state index contributed by atoms with van der Waals surface area (Å²) in [6.45, 7) is 0.881. The normalized spacial score (nSPS) is 12.0. The molecule has 1 aromatic carbocycles. The first-order chi connectivity index (χ1) is 9.10. The van der Waals surface area contributed by atoms with Gasteiger partial charge in [0.05, 0.1) is 19.6 Å². The average molecular weight is 266 g/mol. The van der Waals surface area contributed by atoms with Gasteiger partial charge >= 0.3 is 0 Å². The Morgan fingerprint density at radius 2 is 2.16 bits per heavy atom. The van der Waals surface area contributed by atoms with E-state index in [1.165, 1.54) is 0 Å². The zero-order valence-corrected chi connectivity index (χ0v) is 11.8. The first-order valence-corrected chi connectivity index (χ1v) is 6.20. The van der Waals surface area contributed by atoms with Gasteiger partial charge in [-0.3, -0.25) is 4.79 Å². The van der Waals surface area contributed by atoms with Crippen LogP contribution in [0.4, 0.5) is 0 Å². The van der Waals surface area contributed by atoms with Crippen molar-refractivity contribution in [1.82, 2.24) is 4.90 Å². The summed E-state index contributed by atoms with van der Waals surface area (Å²) in [6, 6.07) is 7.66. The quantitative estimate of drug-likeness (QED) is 0.800. The fraction of sp³-hybridized carbons (Fsp3) is 0.500. The van der Waals surface area contributed by atoms with E-state index in [4.69, 9.17) is 15.2 Å². The second kappa shape index (κ2) is 7.76. The fourth-order valence-electron chi connectivity index (χ4n) is 1.75. The molecule has 0 spiro atoms. The molecule has 1 unspecified atom stereocenters. The molecule has 0 aromatic heterocycles. The maximum Gasteiger partial charge on any atom is 0.225 e. The molecule has 0 saturated carbocycles. The van der Waals surface area contributed by atoms with Crippen molar-refractivity contribution in [3.8, 4) is 5.75 Å². The molecule has 0 bridgehead atoms. The van der Waals surface area contributed by atoms with E-state index < -0.39 is 0 Å². The molecule has 0 fully saturated rings. The molecule has 1 amide bonds. The Labute approximate surface area is 114 Å². The molecule has 5 nitrogen and oxygen atoms in total. The van der Waals surface area contributed by atoms with Gasteiger partial charge in [0.2, 0.25) is 5.91 Å². The van der Waals surface area contributed by atoms with Crippen molar-refractivity contribution in [2.75, 3.05) is 27.8 Å². The minimum atomic E-state index is -0.222. The number of rotatable bonds is 7. The van der Waals surface area contributed by atoms with Gasteiger partial charge in [0.1, 0.15) is 5.75 Å². The van der Waals surface area contributed by atoms with Gasteiger partial charge in [-0.1, -0.05) is 12.1 Å². The predicted molar refractivity (Wildman–Crippen MR) is 73.9 cm³/mol. The molecule has 1 rings (SSSR count). The molecule has 2 N–H and O–H groups in total. The molecular weight excluding hydrogens is 244 g/mol. The second-order valence-electron chi connectivity index (χ2n) is 4.40. The molecule has 0 aliphatic rings. The van der Waals surface area contributed by atoms with Gasteiger partial charge in [0.25, 0.3) is 0 Å². The summed E-state index contributed by atoms with van der Waals surface area (Å²) >= 11 is 0. The zero-order valence-electron chi connectivity index (χ0n) is 11.8. The lowest BCUT2D eigenvalue weighted by Crippen LogP contribution is -2.33. The SMILES string of the molecule is COc1cccc(CN(C)C(=O)CC(CN)OC)c1. The smallest absolute Gasteiger partial charge is 0.225 e. The standard InChI is InChI=1S/C14H22N2O3/c1-16(14(17)8-13(9-15)19-3)10-11-5-4-6-12(7-11)18-2/h4-7,13H,8-10,15H2,1-3H3. The molecule has 5 heteroatoms. The number of amides is 1. The van der Waals surface area contributed by atoms with Gasteiger partial charge in [-0.25, -0.2) is 0 Å². The number of nitrogens with zero attached hydrogens (tertiary/aromatic N) is 1. The van der Waals surface area contributed by atoms with E-state index in [-0.39, 0.29) is 12.0 Å². The van der Waals surface area contributed by atoms with Crippen molar-refractivity contribution in [3.63, 3.8) is 0 Å². The number of nitrogens with two attached hydrogens (primary N) is 1. The molecule has 0 radical (unpaired) electrons. The topological polar surface area (TPSA) is 64.8 Å². The Bertz CT molecular complexity index is 405. The van der Waals surface area contributed by atoms with Gasteiger partial charge in [-0.05, 0) is 17.7 Å². The summed E-state index contributed by atoms with van der Waals surface area (Å²) in [5.74, 6) is 0.801. The summed E-state index contributed by atoms with van der Waals surface area (Å²) in [6.07, 6.45) is 0.0771. The van der Waals surface area contributed by atoms with Gasteiger partial charge in [0.15, 0.2) is 0 Å². The van der Waals surface area contributed by atoms with E-state index in [2.05, 4.69) is 0 Å². The van der Waals surface area contributed by atoms with Crippen LogP contribution in [-0.2, 0) is 16.1 Å². The van der Waals surface area contributed by atoms with Gasteiger partial charge in [-0.15, -0.1) is 0 Å². The van der Waals surface area contributed by atoms with Gasteiger partial charge in [-0.2, -0.15) is 0 Å². The van der Waals surface area contributed by atoms with E-state index in [0.717, 1.165) is 11.3 Å². The van der Waals surface area contributed by atoms with E-state index in [0.29, 0.717) is 19.5 Å². The highest BCUT2D eigenvalue weighted by molar-refractivity contribution is 5.76. The van der Waals surface area contributed by atoms with Crippen LogP contribution in [0.2, 0.25) is 0 Å². The monoisotopic (exact) mass is 266 g/mol. The van der Waals surface area contributed by atoms with E-state index in [1.807, 2.05) is 24.3 Å². The lowest BCUT2D eigenvalue weighted by atomic mass is 10.2. The van der Waals surface area contributed by atoms with Crippen LogP contribution in [0.3, 0.4) is 0 Å². The Kier molecular flexibility index (Phi) is 6.32. The van der Waals surface area contributed by atoms with Crippen molar-refractivity contribution in [2.24, 2.45) is 5.73 Å². The summed E-state index contributed by atoms with van der Waals surface area (Å²) in [4.78, 5) is 13.7. The van der Waals surface area contributed by atoms with Crippen LogP contribution < -0.4 is 10.5 Å². The highest BCUT2D eigenvalue weighted by Crippen LogP contribution is 2.14. The molecule has 1 atom stereocenters. The molecule has 106 valence electrons. The number of methoxy groups -OCH3 is 2. The molecule has 0 saturated heterocycles. The number of carbonyl (C=O) groups excluding carboxylic acids is 1. The third kappa shape index (κ3) is 4.89. The van der Waals surface area contributed by atoms with Gasteiger partial charge in [0, 0.05) is 27.2 Å². The average Bonchev–Trinajstić information content (AvgIpc) is 2.44. The minimum Gasteiger partial charge on any atom is -0.497 e. The Balaban J connectivity index is 2.57. The Morgan fingerprint density at radius 1 is 1.42 bits per heavy atom. The first-order valence-electron chi connectivity index (χ1n) is 6.20. The highest BCUT2D eigenvalue weighted by Gasteiger charge is 2.15. The summed E-state index contributed by atoms with van der Waals surface area (Å²) in [5, 5.41) is 0. The molecule has 0 aliphatic heterocycles. The largest absolute Gasteiger partial charge is 0.497 e. The minimum absolute atomic E-state index is 0.0140. The maximum atomic E-state index is 12.0. The van der Waals surface area contributed by atoms with Crippen molar-refractivity contribution in [1.29, 1.82) is 0 Å². The van der Waals surface area contributed by atoms with Crippen molar-refractivity contribution in [3.05, 3.63) is 29.8 Å². The molecule has 0 heterocycles. The third-order valence-electron chi connectivity index (χ3n) is 2.98. The Hall–Kier alpha value is -1.59. The second-order valence-corrected chi connectivity index (χ2v) is 4.40. The lowest BCUT2D eigenvalue weighted by molar-refractivity contribution is -0.132. The summed E-state index contributed by atoms with van der Waals surface area (Å²) < 4.78 is 10.3. The van der Waals surface area contributed by atoms with Crippen LogP contribution in [0.15, 0.2) is 24.3 Å². The molecule has 19 heavy (non-hydrogen) atoms. The van der Waals surface area contributed by atoms with E-state index in [1.54, 1.807) is 26.2 Å². The highest BCUT2D eigenvalue weighted by atomic mass is 16.5. The fourth-order valence-corrected chi connectivity index (χ4v) is 1.75. The molecular formula is C14H22N2O3. The van der Waals surface area contributed by atoms with Crippen molar-refractivity contribution in [2.45, 2.75) is 19.1 Å². The number of carbonyl (C=O) groups is 1. The molecule has 0 aliphatic carbocycles. The summed E-state index contributed by atoms with van der Waals surface area (Å²) in [5.41, 5.74) is 6.53. The van der Waals surface area contributed by atoms with Gasteiger partial charge < -0.3 is 20.1 Å². The van der Waals surface area contributed by atoms with Crippen LogP contribution in [0, 0.1) is 0 Å². The molecule has 1 aromatic rings. The lowest BCUT2D eigenvalue weighted by Gasteiger charge is -2.20. The van der Waals surface area contributed by atoms with Crippen molar-refractivity contribution < 1.29 is 14.3 Å². The predicted octanol–water partition coefficient (Wildman–Crippen LogP) is 1.02. The van der Waals surface area contributed by atoms with Crippen LogP contribution in [0.5, 0.6) is 5.75 Å². The Morgan fingerprint density at radius 3 is 2.74 bits per heavy atom. The van der Waals surface area contributed by atoms with E-state index >= 15 is 0 Å². The third-order valence-corrected chi connectivity index (χ3v) is 2.98.